The Morgan fingerprint density at radius 3 is 2.09 bits per heavy atom. The van der Waals surface area contributed by atoms with Crippen LogP contribution in [0.1, 0.15) is 30.2 Å². The molecule has 0 saturated heterocycles. The molecule has 2 aromatic rings. The molecule has 0 saturated carbocycles. The first-order chi connectivity index (χ1) is 15.5. The van der Waals surface area contributed by atoms with E-state index in [1.807, 2.05) is 4.90 Å². The van der Waals surface area contributed by atoms with Crippen LogP contribution < -0.4 is 10.4 Å². The van der Waals surface area contributed by atoms with Crippen molar-refractivity contribution in [3.8, 4) is 5.88 Å². The van der Waals surface area contributed by atoms with Gasteiger partial charge in [-0.25, -0.2) is 9.98 Å². The minimum Gasteiger partial charge on any atom is -0.479 e. The molecule has 1 heterocycles. The van der Waals surface area contributed by atoms with Gasteiger partial charge in [-0.2, -0.15) is 39.5 Å². The molecule has 5 nitrogen and oxygen atoms in total. The van der Waals surface area contributed by atoms with Crippen LogP contribution in [0.15, 0.2) is 29.3 Å². The van der Waals surface area contributed by atoms with E-state index in [-0.39, 0.29) is 25.1 Å². The summed E-state index contributed by atoms with van der Waals surface area (Å²) >= 11 is 0. The van der Waals surface area contributed by atoms with Gasteiger partial charge < -0.3 is 9.64 Å². The lowest BCUT2D eigenvalue weighted by Gasteiger charge is -2.17. The predicted molar refractivity (Wildman–Crippen MR) is 103 cm³/mol. The second-order valence-corrected chi connectivity index (χ2v) is 7.37. The summed E-state index contributed by atoms with van der Waals surface area (Å²) in [6, 6.07) is 1.23. The van der Waals surface area contributed by atoms with Gasteiger partial charge in [0, 0.05) is 19.2 Å². The maximum atomic E-state index is 13.5. The van der Waals surface area contributed by atoms with Crippen LogP contribution in [0, 0.1) is 0 Å². The van der Waals surface area contributed by atoms with Crippen LogP contribution in [-0.2, 0) is 25.1 Å². The Hall–Kier alpha value is -2.77. The maximum Gasteiger partial charge on any atom is 0.433 e. The van der Waals surface area contributed by atoms with E-state index in [1.54, 1.807) is 14.1 Å². The van der Waals surface area contributed by atoms with Crippen molar-refractivity contribution in [3.63, 3.8) is 0 Å². The Kier molecular flexibility index (Phi) is 8.27. The molecule has 1 aromatic heterocycles. The maximum absolute atomic E-state index is 13.5. The van der Waals surface area contributed by atoms with Crippen molar-refractivity contribution in [1.29, 1.82) is 0 Å². The molecule has 190 valence electrons. The minimum absolute atomic E-state index is 0.00693. The van der Waals surface area contributed by atoms with E-state index in [0.717, 1.165) is 4.57 Å². The van der Waals surface area contributed by atoms with Crippen molar-refractivity contribution in [2.75, 3.05) is 27.2 Å². The number of rotatable bonds is 7. The molecule has 0 unspecified atom stereocenters. The highest BCUT2D eigenvalue weighted by Gasteiger charge is 2.39. The first-order valence-corrected chi connectivity index (χ1v) is 9.83. The van der Waals surface area contributed by atoms with Gasteiger partial charge in [0.05, 0.1) is 23.4 Å². The SMILES string of the molecule is CCn1c(OCCCN(C)C)cc(C(F)(F)F)nc1=Nc1ccc(C(F)(F)F)cc1C(F)(F)F. The van der Waals surface area contributed by atoms with E-state index in [1.165, 1.54) is 6.92 Å². The van der Waals surface area contributed by atoms with Gasteiger partial charge in [-0.3, -0.25) is 4.57 Å². The van der Waals surface area contributed by atoms with E-state index in [4.69, 9.17) is 4.74 Å². The molecule has 0 bridgehead atoms. The summed E-state index contributed by atoms with van der Waals surface area (Å²) in [5.74, 6) is -0.345. The van der Waals surface area contributed by atoms with Gasteiger partial charge >= 0.3 is 18.5 Å². The van der Waals surface area contributed by atoms with Crippen molar-refractivity contribution < 1.29 is 44.3 Å². The molecule has 14 heteroatoms. The lowest BCUT2D eigenvalue weighted by molar-refractivity contribution is -0.143. The van der Waals surface area contributed by atoms with Crippen LogP contribution in [0.4, 0.5) is 45.2 Å². The molecule has 2 rings (SSSR count). The van der Waals surface area contributed by atoms with Crippen LogP contribution in [0.25, 0.3) is 0 Å². The van der Waals surface area contributed by atoms with E-state index in [9.17, 15) is 39.5 Å². The molecule has 0 amide bonds. The topological polar surface area (TPSA) is 42.6 Å². The highest BCUT2D eigenvalue weighted by atomic mass is 19.4. The summed E-state index contributed by atoms with van der Waals surface area (Å²) in [7, 11) is 3.55. The average Bonchev–Trinajstić information content (AvgIpc) is 2.68. The Morgan fingerprint density at radius 2 is 1.59 bits per heavy atom. The van der Waals surface area contributed by atoms with Gasteiger partial charge in [-0.15, -0.1) is 0 Å². The van der Waals surface area contributed by atoms with Crippen LogP contribution in [-0.4, -0.2) is 41.7 Å². The summed E-state index contributed by atoms with van der Waals surface area (Å²) < 4.78 is 126. The molecule has 34 heavy (non-hydrogen) atoms. The van der Waals surface area contributed by atoms with E-state index >= 15 is 0 Å². The summed E-state index contributed by atoms with van der Waals surface area (Å²) in [6.45, 7) is 1.93. The molecule has 0 atom stereocenters. The largest absolute Gasteiger partial charge is 0.479 e. The summed E-state index contributed by atoms with van der Waals surface area (Å²) in [6.07, 6.45) is -14.9. The second kappa shape index (κ2) is 10.2. The van der Waals surface area contributed by atoms with Gasteiger partial charge in [0.1, 0.15) is 0 Å². The fourth-order valence-corrected chi connectivity index (χ4v) is 2.84. The number of halogens is 9. The number of nitrogens with zero attached hydrogens (tertiary/aromatic N) is 4. The Morgan fingerprint density at radius 1 is 0.941 bits per heavy atom. The van der Waals surface area contributed by atoms with Gasteiger partial charge in [0.15, 0.2) is 11.6 Å². The first kappa shape index (κ1) is 27.5. The van der Waals surface area contributed by atoms with Crippen molar-refractivity contribution in [2.24, 2.45) is 4.99 Å². The van der Waals surface area contributed by atoms with Crippen LogP contribution in [0.3, 0.4) is 0 Å². The standard InChI is InChI=1S/C20H21F9N4O/c1-4-33-16(34-9-5-8-32(2)3)11-15(20(27,28)29)31-17(33)30-14-7-6-12(18(21,22)23)10-13(14)19(24,25)26/h6-7,10-11H,4-5,8-9H2,1-3H3. The molecule has 0 aliphatic heterocycles. The number of ether oxygens (including phenoxy) is 1. The van der Waals surface area contributed by atoms with Gasteiger partial charge in [-0.1, -0.05) is 0 Å². The van der Waals surface area contributed by atoms with Crippen LogP contribution >= 0.6 is 0 Å². The molecule has 0 fully saturated rings. The third-order valence-electron chi connectivity index (χ3n) is 4.44. The van der Waals surface area contributed by atoms with Crippen molar-refractivity contribution >= 4 is 5.69 Å². The highest BCUT2D eigenvalue weighted by Crippen LogP contribution is 2.40. The number of hydrogen-bond acceptors (Lipinski definition) is 4. The Balaban J connectivity index is 2.71. The zero-order valence-corrected chi connectivity index (χ0v) is 18.2. The molecule has 0 radical (unpaired) electrons. The zero-order valence-electron chi connectivity index (χ0n) is 18.2. The molecule has 1 aromatic carbocycles. The number of aromatic nitrogens is 2. The average molecular weight is 504 g/mol. The molecular weight excluding hydrogens is 483 g/mol. The number of benzene rings is 1. The number of hydrogen-bond donors (Lipinski definition) is 0. The zero-order chi connectivity index (χ0) is 25.9. The van der Waals surface area contributed by atoms with Gasteiger partial charge in [0.25, 0.3) is 0 Å². The first-order valence-electron chi connectivity index (χ1n) is 9.83. The third kappa shape index (κ3) is 7.11. The summed E-state index contributed by atoms with van der Waals surface area (Å²) in [5, 5.41) is 0. The minimum atomic E-state index is -5.26. The van der Waals surface area contributed by atoms with E-state index in [0.29, 0.717) is 31.2 Å². The molecule has 0 aliphatic carbocycles. The lowest BCUT2D eigenvalue weighted by Crippen LogP contribution is -2.29. The Bertz CT molecular complexity index is 1050. The molecule has 0 aliphatic rings. The molecule has 0 spiro atoms. The van der Waals surface area contributed by atoms with E-state index in [2.05, 4.69) is 9.98 Å². The highest BCUT2D eigenvalue weighted by molar-refractivity contribution is 5.50. The normalized spacial score (nSPS) is 13.6. The number of alkyl halides is 9. The third-order valence-corrected chi connectivity index (χ3v) is 4.44. The summed E-state index contributed by atoms with van der Waals surface area (Å²) in [5.41, 5.74) is -6.64. The monoisotopic (exact) mass is 504 g/mol. The second-order valence-electron chi connectivity index (χ2n) is 7.37. The van der Waals surface area contributed by atoms with Crippen molar-refractivity contribution in [3.05, 3.63) is 46.7 Å². The Labute approximate surface area is 188 Å². The fraction of sp³-hybridized carbons (Fsp3) is 0.500. The van der Waals surface area contributed by atoms with Crippen molar-refractivity contribution in [2.45, 2.75) is 38.4 Å². The molecular formula is C20H21F9N4O. The van der Waals surface area contributed by atoms with Crippen LogP contribution in [0.2, 0.25) is 0 Å². The van der Waals surface area contributed by atoms with Crippen molar-refractivity contribution in [1.82, 2.24) is 14.5 Å². The smallest absolute Gasteiger partial charge is 0.433 e. The van der Waals surface area contributed by atoms with E-state index < -0.39 is 46.7 Å². The van der Waals surface area contributed by atoms with Gasteiger partial charge in [0.2, 0.25) is 5.62 Å². The predicted octanol–water partition coefficient (Wildman–Crippen LogP) is 5.52. The fourth-order valence-electron chi connectivity index (χ4n) is 2.84. The van der Waals surface area contributed by atoms with Crippen LogP contribution in [0.5, 0.6) is 5.88 Å². The quantitative estimate of drug-likeness (QED) is 0.368. The summed E-state index contributed by atoms with van der Waals surface area (Å²) in [4.78, 5) is 8.70. The van der Waals surface area contributed by atoms with Gasteiger partial charge in [-0.05, 0) is 45.6 Å². The molecule has 0 N–H and O–H groups in total. The lowest BCUT2D eigenvalue weighted by atomic mass is 10.1.